The molecule has 0 radical (unpaired) electrons. The molecule has 0 aliphatic rings. The van der Waals surface area contributed by atoms with E-state index in [1.165, 1.54) is 10.4 Å². The molecule has 2 nitrogen and oxygen atoms in total. The molecule has 0 aliphatic heterocycles. The number of ether oxygens (including phenoxy) is 1. The molecule has 0 saturated heterocycles. The molecule has 1 unspecified atom stereocenters. The second-order valence-electron chi connectivity index (χ2n) is 5.01. The number of thiophene rings is 1. The van der Waals surface area contributed by atoms with E-state index in [-0.39, 0.29) is 0 Å². The maximum absolute atomic E-state index is 5.31. The highest BCUT2D eigenvalue weighted by molar-refractivity contribution is 7.09. The van der Waals surface area contributed by atoms with Gasteiger partial charge in [0.1, 0.15) is 5.75 Å². The van der Waals surface area contributed by atoms with Gasteiger partial charge in [-0.05, 0) is 61.0 Å². The fraction of sp³-hybridized carbons (Fsp3) is 0.412. The van der Waals surface area contributed by atoms with Crippen LogP contribution in [0.4, 0.5) is 0 Å². The van der Waals surface area contributed by atoms with Gasteiger partial charge in [0.15, 0.2) is 0 Å². The Bertz CT molecular complexity index is 495. The van der Waals surface area contributed by atoms with E-state index in [0.717, 1.165) is 31.7 Å². The molecule has 3 heteroatoms. The Morgan fingerprint density at radius 1 is 1.20 bits per heavy atom. The number of hydrogen-bond donors (Lipinski definition) is 1. The van der Waals surface area contributed by atoms with Gasteiger partial charge in [0.2, 0.25) is 0 Å². The maximum atomic E-state index is 5.31. The molecule has 1 N–H and O–H groups in total. The quantitative estimate of drug-likeness (QED) is 0.799. The average Bonchev–Trinajstić information content (AvgIpc) is 2.98. The number of hydrogen-bond acceptors (Lipinski definition) is 3. The predicted molar refractivity (Wildman–Crippen MR) is 86.8 cm³/mol. The highest BCUT2D eigenvalue weighted by Gasteiger charge is 2.11. The number of rotatable bonds is 8. The first-order valence-electron chi connectivity index (χ1n) is 7.17. The number of benzene rings is 1. The van der Waals surface area contributed by atoms with E-state index in [1.807, 2.05) is 17.4 Å². The zero-order valence-electron chi connectivity index (χ0n) is 12.3. The van der Waals surface area contributed by atoms with Gasteiger partial charge in [-0.3, -0.25) is 0 Å². The topological polar surface area (TPSA) is 21.3 Å². The van der Waals surface area contributed by atoms with E-state index < -0.39 is 0 Å². The molecule has 1 aromatic heterocycles. The van der Waals surface area contributed by atoms with Gasteiger partial charge in [-0.25, -0.2) is 0 Å². The lowest BCUT2D eigenvalue weighted by atomic mass is 9.95. The maximum Gasteiger partial charge on any atom is 0.119 e. The summed E-state index contributed by atoms with van der Waals surface area (Å²) in [5.74, 6) is 1.57. The van der Waals surface area contributed by atoms with Crippen molar-refractivity contribution in [3.8, 4) is 5.75 Å². The minimum Gasteiger partial charge on any atom is -0.497 e. The van der Waals surface area contributed by atoms with Crippen LogP contribution in [0, 0.1) is 5.92 Å². The van der Waals surface area contributed by atoms with Crippen molar-refractivity contribution in [2.75, 3.05) is 20.2 Å². The van der Waals surface area contributed by atoms with Crippen molar-refractivity contribution in [2.24, 2.45) is 5.92 Å². The van der Waals surface area contributed by atoms with Gasteiger partial charge >= 0.3 is 0 Å². The molecule has 20 heavy (non-hydrogen) atoms. The van der Waals surface area contributed by atoms with Crippen LogP contribution >= 0.6 is 11.3 Å². The van der Waals surface area contributed by atoms with Crippen LogP contribution in [0.15, 0.2) is 41.8 Å². The predicted octanol–water partition coefficient (Wildman–Crippen LogP) is 3.77. The first-order valence-corrected chi connectivity index (χ1v) is 8.05. The Morgan fingerprint density at radius 2 is 2.10 bits per heavy atom. The van der Waals surface area contributed by atoms with Crippen LogP contribution in [0.25, 0.3) is 0 Å². The van der Waals surface area contributed by atoms with E-state index in [0.29, 0.717) is 5.92 Å². The van der Waals surface area contributed by atoms with Crippen molar-refractivity contribution < 1.29 is 4.74 Å². The third-order valence-electron chi connectivity index (χ3n) is 3.41. The van der Waals surface area contributed by atoms with Crippen LogP contribution in [0.3, 0.4) is 0 Å². The zero-order chi connectivity index (χ0) is 14.2. The molecule has 2 aromatic rings. The molecular formula is C17H23NOS. The third-order valence-corrected chi connectivity index (χ3v) is 4.31. The van der Waals surface area contributed by atoms with Crippen LogP contribution in [-0.4, -0.2) is 20.2 Å². The summed E-state index contributed by atoms with van der Waals surface area (Å²) < 4.78 is 5.31. The van der Waals surface area contributed by atoms with Crippen molar-refractivity contribution in [1.82, 2.24) is 5.32 Å². The molecule has 2 rings (SSSR count). The van der Waals surface area contributed by atoms with Gasteiger partial charge in [-0.1, -0.05) is 25.1 Å². The standard InChI is InChI=1S/C17H23NOS/c1-3-18-13-15(12-17-8-5-9-20-17)10-14-6-4-7-16(11-14)19-2/h4-9,11,15,18H,3,10,12-13H2,1-2H3. The summed E-state index contributed by atoms with van der Waals surface area (Å²) in [5, 5.41) is 5.64. The average molecular weight is 289 g/mol. The van der Waals surface area contributed by atoms with Crippen molar-refractivity contribution in [3.05, 3.63) is 52.2 Å². The number of methoxy groups -OCH3 is 1. The minimum absolute atomic E-state index is 0.626. The van der Waals surface area contributed by atoms with Crippen molar-refractivity contribution in [2.45, 2.75) is 19.8 Å². The molecule has 108 valence electrons. The first-order chi connectivity index (χ1) is 9.81. The summed E-state index contributed by atoms with van der Waals surface area (Å²) in [4.78, 5) is 1.47. The summed E-state index contributed by atoms with van der Waals surface area (Å²) in [6.45, 7) is 4.25. The molecule has 0 aliphatic carbocycles. The van der Waals surface area contributed by atoms with Crippen molar-refractivity contribution in [1.29, 1.82) is 0 Å². The van der Waals surface area contributed by atoms with Gasteiger partial charge in [0.05, 0.1) is 7.11 Å². The van der Waals surface area contributed by atoms with Crippen LogP contribution < -0.4 is 10.1 Å². The minimum atomic E-state index is 0.626. The van der Waals surface area contributed by atoms with Gasteiger partial charge < -0.3 is 10.1 Å². The molecule has 1 aromatic carbocycles. The first kappa shape index (κ1) is 15.1. The highest BCUT2D eigenvalue weighted by Crippen LogP contribution is 2.20. The highest BCUT2D eigenvalue weighted by atomic mass is 32.1. The largest absolute Gasteiger partial charge is 0.497 e. The monoisotopic (exact) mass is 289 g/mol. The van der Waals surface area contributed by atoms with Gasteiger partial charge in [0, 0.05) is 4.88 Å². The fourth-order valence-corrected chi connectivity index (χ4v) is 3.23. The Hall–Kier alpha value is -1.32. The third kappa shape index (κ3) is 4.66. The zero-order valence-corrected chi connectivity index (χ0v) is 13.1. The summed E-state index contributed by atoms with van der Waals surface area (Å²) in [6, 6.07) is 12.8. The van der Waals surface area contributed by atoms with Crippen LogP contribution in [0.5, 0.6) is 5.75 Å². The van der Waals surface area contributed by atoms with E-state index in [1.54, 1.807) is 7.11 Å². The molecule has 0 amide bonds. The van der Waals surface area contributed by atoms with Crippen LogP contribution in [0.1, 0.15) is 17.4 Å². The Balaban J connectivity index is 2.02. The fourth-order valence-electron chi connectivity index (χ4n) is 2.41. The Kier molecular flexibility index (Phi) is 6.09. The molecule has 1 heterocycles. The van der Waals surface area contributed by atoms with E-state index in [4.69, 9.17) is 4.74 Å². The molecule has 0 spiro atoms. The summed E-state index contributed by atoms with van der Waals surface area (Å²) in [5.41, 5.74) is 1.35. The van der Waals surface area contributed by atoms with Gasteiger partial charge in [-0.2, -0.15) is 0 Å². The van der Waals surface area contributed by atoms with Gasteiger partial charge in [0.25, 0.3) is 0 Å². The lowest BCUT2D eigenvalue weighted by Gasteiger charge is -2.17. The molecular weight excluding hydrogens is 266 g/mol. The molecule has 0 bridgehead atoms. The van der Waals surface area contributed by atoms with Crippen LogP contribution in [-0.2, 0) is 12.8 Å². The summed E-state index contributed by atoms with van der Waals surface area (Å²) in [6.07, 6.45) is 2.23. The second kappa shape index (κ2) is 8.08. The lowest BCUT2D eigenvalue weighted by Crippen LogP contribution is -2.25. The SMILES string of the molecule is CCNCC(Cc1cccc(OC)c1)Cc1cccs1. The van der Waals surface area contributed by atoms with E-state index >= 15 is 0 Å². The Labute approximate surface area is 125 Å². The van der Waals surface area contributed by atoms with Gasteiger partial charge in [-0.15, -0.1) is 11.3 Å². The number of nitrogens with one attached hydrogen (secondary N) is 1. The van der Waals surface area contributed by atoms with Crippen LogP contribution in [0.2, 0.25) is 0 Å². The smallest absolute Gasteiger partial charge is 0.119 e. The molecule has 1 atom stereocenters. The van der Waals surface area contributed by atoms with E-state index in [9.17, 15) is 0 Å². The summed E-state index contributed by atoms with van der Waals surface area (Å²) in [7, 11) is 1.72. The molecule has 0 saturated carbocycles. The summed E-state index contributed by atoms with van der Waals surface area (Å²) >= 11 is 1.85. The Morgan fingerprint density at radius 3 is 2.80 bits per heavy atom. The van der Waals surface area contributed by atoms with Crippen molar-refractivity contribution >= 4 is 11.3 Å². The second-order valence-corrected chi connectivity index (χ2v) is 6.05. The van der Waals surface area contributed by atoms with E-state index in [2.05, 4.69) is 48.0 Å². The molecule has 0 fully saturated rings. The van der Waals surface area contributed by atoms with Crippen molar-refractivity contribution in [3.63, 3.8) is 0 Å². The normalized spacial score (nSPS) is 12.3. The lowest BCUT2D eigenvalue weighted by molar-refractivity contribution is 0.413.